The topological polar surface area (TPSA) is 103 Å². The molecule has 0 aliphatic heterocycles. The average Bonchev–Trinajstić information content (AvgIpc) is 1.61. The van der Waals surface area contributed by atoms with Crippen LogP contribution in [0.25, 0.3) is 0 Å². The quantitative estimate of drug-likeness (QED) is 0.324. The summed E-state index contributed by atoms with van der Waals surface area (Å²) in [5, 5.41) is 15.6. The first-order chi connectivity index (χ1) is 3.63. The van der Waals surface area contributed by atoms with Crippen LogP contribution in [-0.2, 0) is 15.1 Å². The SMILES string of the molecule is O=C(O)/C=C\C(=O)O.[Na+].[Na+].[O-2]. The first-order valence-electron chi connectivity index (χ1n) is 1.77. The Morgan fingerprint density at radius 1 is 0.909 bits per heavy atom. The molecule has 0 fully saturated rings. The number of carboxylic acids is 2. The third-order valence-electron chi connectivity index (χ3n) is 0.368. The molecule has 0 radical (unpaired) electrons. The fourth-order valence-corrected chi connectivity index (χ4v) is 0.143. The van der Waals surface area contributed by atoms with Gasteiger partial charge in [-0.1, -0.05) is 0 Å². The van der Waals surface area contributed by atoms with Gasteiger partial charge in [0.05, 0.1) is 0 Å². The second-order valence-corrected chi connectivity index (χ2v) is 1.01. The number of aliphatic carboxylic acids is 2. The van der Waals surface area contributed by atoms with Gasteiger partial charge in [0.1, 0.15) is 0 Å². The number of rotatable bonds is 2. The van der Waals surface area contributed by atoms with Crippen LogP contribution < -0.4 is 59.1 Å². The average molecular weight is 178 g/mol. The standard InChI is InChI=1S/C4H4O4.2Na.O/c5-3(6)1-2-4(7)8;;;/h1-2H,(H,5,6)(H,7,8);;;/q;2*+1;-2/b2-1-;;;. The minimum Gasteiger partial charge on any atom is -2.00 e. The first kappa shape index (κ1) is 22.6. The van der Waals surface area contributed by atoms with Gasteiger partial charge in [0.15, 0.2) is 0 Å². The first-order valence-corrected chi connectivity index (χ1v) is 1.77. The number of hydrogen-bond acceptors (Lipinski definition) is 2. The second kappa shape index (κ2) is 13.2. The van der Waals surface area contributed by atoms with Gasteiger partial charge in [0.25, 0.3) is 0 Å². The molecule has 0 aromatic carbocycles. The summed E-state index contributed by atoms with van der Waals surface area (Å²) in [7, 11) is 0. The van der Waals surface area contributed by atoms with E-state index in [1.165, 1.54) is 0 Å². The predicted molar refractivity (Wildman–Crippen MR) is 25.1 cm³/mol. The molecule has 11 heavy (non-hydrogen) atoms. The van der Waals surface area contributed by atoms with Gasteiger partial charge in [0, 0.05) is 12.2 Å². The third-order valence-corrected chi connectivity index (χ3v) is 0.368. The molecule has 0 aromatic rings. The summed E-state index contributed by atoms with van der Waals surface area (Å²) < 4.78 is 0. The molecule has 2 N–H and O–H groups in total. The summed E-state index contributed by atoms with van der Waals surface area (Å²) in [6.45, 7) is 0. The van der Waals surface area contributed by atoms with Crippen LogP contribution in [0.1, 0.15) is 0 Å². The maximum absolute atomic E-state index is 9.55. The predicted octanol–water partition coefficient (Wildman–Crippen LogP) is -6.40. The molecular weight excluding hydrogens is 174 g/mol. The summed E-state index contributed by atoms with van der Waals surface area (Å²) in [5.41, 5.74) is 0. The van der Waals surface area contributed by atoms with Crippen LogP contribution in [0.3, 0.4) is 0 Å². The zero-order valence-corrected chi connectivity index (χ0v) is 10.3. The molecule has 0 bridgehead atoms. The molecule has 5 nitrogen and oxygen atoms in total. The van der Waals surface area contributed by atoms with Gasteiger partial charge in [0.2, 0.25) is 0 Å². The molecule has 52 valence electrons. The van der Waals surface area contributed by atoms with Crippen molar-refractivity contribution in [1.82, 2.24) is 0 Å². The zero-order valence-electron chi connectivity index (χ0n) is 6.27. The fraction of sp³-hybridized carbons (Fsp3) is 0. The Balaban J connectivity index is -0.0000000817. The van der Waals surface area contributed by atoms with Crippen LogP contribution in [-0.4, -0.2) is 22.2 Å². The van der Waals surface area contributed by atoms with Gasteiger partial charge in [-0.3, -0.25) is 0 Å². The van der Waals surface area contributed by atoms with Crippen molar-refractivity contribution in [3.05, 3.63) is 12.2 Å². The Morgan fingerprint density at radius 2 is 1.09 bits per heavy atom. The molecule has 0 saturated heterocycles. The summed E-state index contributed by atoms with van der Waals surface area (Å²) in [6.07, 6.45) is 1.12. The number of carboxylic acid groups (broad SMARTS) is 2. The van der Waals surface area contributed by atoms with Crippen LogP contribution in [0.15, 0.2) is 12.2 Å². The summed E-state index contributed by atoms with van der Waals surface area (Å²) in [6, 6.07) is 0. The molecular formula is C4H4Na2O5. The van der Waals surface area contributed by atoms with Gasteiger partial charge >= 0.3 is 71.1 Å². The third kappa shape index (κ3) is 25.0. The van der Waals surface area contributed by atoms with E-state index in [1.807, 2.05) is 0 Å². The maximum Gasteiger partial charge on any atom is 1.00 e. The van der Waals surface area contributed by atoms with Crippen molar-refractivity contribution in [2.75, 3.05) is 0 Å². The molecule has 0 heterocycles. The van der Waals surface area contributed by atoms with Gasteiger partial charge in [-0.15, -0.1) is 0 Å². The van der Waals surface area contributed by atoms with Crippen LogP contribution in [0.4, 0.5) is 0 Å². The van der Waals surface area contributed by atoms with E-state index in [0.717, 1.165) is 0 Å². The molecule has 0 aliphatic carbocycles. The van der Waals surface area contributed by atoms with E-state index < -0.39 is 11.9 Å². The molecule has 0 amide bonds. The van der Waals surface area contributed by atoms with Gasteiger partial charge in [-0.05, 0) is 0 Å². The minimum absolute atomic E-state index is 0. The Labute approximate surface area is 107 Å². The summed E-state index contributed by atoms with van der Waals surface area (Å²) in [4.78, 5) is 19.1. The molecule has 0 unspecified atom stereocenters. The molecule has 0 atom stereocenters. The molecule has 0 aliphatic rings. The van der Waals surface area contributed by atoms with Crippen molar-refractivity contribution in [1.29, 1.82) is 0 Å². The molecule has 7 heteroatoms. The van der Waals surface area contributed by atoms with Crippen LogP contribution in [0.5, 0.6) is 0 Å². The van der Waals surface area contributed by atoms with Crippen molar-refractivity contribution in [3.8, 4) is 0 Å². The molecule has 0 spiro atoms. The van der Waals surface area contributed by atoms with Crippen LogP contribution in [0.2, 0.25) is 0 Å². The number of hydrogen-bond donors (Lipinski definition) is 2. The summed E-state index contributed by atoms with van der Waals surface area (Å²) in [5.74, 6) is -2.51. The zero-order chi connectivity index (χ0) is 6.57. The number of carbonyl (C=O) groups is 2. The van der Waals surface area contributed by atoms with Gasteiger partial charge in [-0.25, -0.2) is 9.59 Å². The normalized spacial score (nSPS) is 6.91. The van der Waals surface area contributed by atoms with Crippen molar-refractivity contribution >= 4 is 11.9 Å². The Kier molecular flexibility index (Phi) is 27.2. The molecule has 0 rings (SSSR count). The monoisotopic (exact) mass is 178 g/mol. The van der Waals surface area contributed by atoms with E-state index in [2.05, 4.69) is 0 Å². The van der Waals surface area contributed by atoms with Crippen molar-refractivity contribution in [3.63, 3.8) is 0 Å². The van der Waals surface area contributed by atoms with E-state index in [4.69, 9.17) is 10.2 Å². The van der Waals surface area contributed by atoms with Crippen molar-refractivity contribution < 1.29 is 84.4 Å². The van der Waals surface area contributed by atoms with E-state index in [0.29, 0.717) is 12.2 Å². The van der Waals surface area contributed by atoms with Crippen molar-refractivity contribution in [2.45, 2.75) is 0 Å². The van der Waals surface area contributed by atoms with Gasteiger partial charge in [-0.2, -0.15) is 0 Å². The molecule has 0 aromatic heterocycles. The van der Waals surface area contributed by atoms with E-state index in [1.54, 1.807) is 0 Å². The Hall–Kier alpha value is 0.640. The largest absolute Gasteiger partial charge is 2.00 e. The van der Waals surface area contributed by atoms with Gasteiger partial charge < -0.3 is 15.7 Å². The Bertz CT molecular complexity index is 127. The fourth-order valence-electron chi connectivity index (χ4n) is 0.143. The Morgan fingerprint density at radius 3 is 1.18 bits per heavy atom. The maximum atomic E-state index is 9.55. The minimum atomic E-state index is -1.26. The molecule has 0 saturated carbocycles. The smallest absolute Gasteiger partial charge is 1.00 e. The second-order valence-electron chi connectivity index (χ2n) is 1.01. The van der Waals surface area contributed by atoms with E-state index in [-0.39, 0.29) is 64.6 Å². The van der Waals surface area contributed by atoms with Crippen molar-refractivity contribution in [2.24, 2.45) is 0 Å². The van der Waals surface area contributed by atoms with E-state index >= 15 is 0 Å². The summed E-state index contributed by atoms with van der Waals surface area (Å²) >= 11 is 0. The van der Waals surface area contributed by atoms with Crippen LogP contribution in [0, 0.1) is 0 Å². The van der Waals surface area contributed by atoms with Crippen LogP contribution >= 0.6 is 0 Å². The van der Waals surface area contributed by atoms with E-state index in [9.17, 15) is 9.59 Å².